The Balaban J connectivity index is 1.36. The minimum Gasteiger partial charge on any atom is -0.481 e. The summed E-state index contributed by atoms with van der Waals surface area (Å²) in [5.41, 5.74) is 1.07. The van der Waals surface area contributed by atoms with Crippen molar-refractivity contribution in [2.75, 3.05) is 13.2 Å². The maximum atomic E-state index is 14.7. The molecular weight excluding hydrogens is 471 g/mol. The lowest BCUT2D eigenvalue weighted by Crippen LogP contribution is -2.49. The van der Waals surface area contributed by atoms with Gasteiger partial charge in [0.1, 0.15) is 11.6 Å². The van der Waals surface area contributed by atoms with Crippen LogP contribution in [-0.2, 0) is 0 Å². The van der Waals surface area contributed by atoms with Gasteiger partial charge in [0, 0.05) is 17.1 Å². The Morgan fingerprint density at radius 3 is 2.56 bits per heavy atom. The van der Waals surface area contributed by atoms with Crippen LogP contribution in [0.3, 0.4) is 0 Å². The average molecular weight is 501 g/mol. The predicted octanol–water partition coefficient (Wildman–Crippen LogP) is 2.85. The number of aliphatic hydroxyl groups is 2. The first-order valence-electron chi connectivity index (χ1n) is 11.9. The monoisotopic (exact) mass is 500 g/mol. The number of carbonyl (C=O) groups is 2. The molecule has 1 heterocycles. The van der Waals surface area contributed by atoms with Crippen LogP contribution in [-0.4, -0.2) is 57.5 Å². The smallest absolute Gasteiger partial charge is 0.315 e. The maximum Gasteiger partial charge on any atom is 0.315 e. The topological polar surface area (TPSA) is 147 Å². The summed E-state index contributed by atoms with van der Waals surface area (Å²) < 4.78 is 26.0. The SMILES string of the molecule is CCC(Oc1ccc(C(=O)C2CC2)cc1)c1nc(C2=CCC(NC(=O)NC(CO)CO)C(F)=C2)no1. The van der Waals surface area contributed by atoms with Gasteiger partial charge >= 0.3 is 6.03 Å². The normalized spacial score (nSPS) is 18.3. The highest BCUT2D eigenvalue weighted by molar-refractivity contribution is 5.99. The quantitative estimate of drug-likeness (QED) is 0.345. The summed E-state index contributed by atoms with van der Waals surface area (Å²) in [6, 6.07) is 4.54. The number of hydrogen-bond donors (Lipinski definition) is 4. The molecule has 0 saturated heterocycles. The molecule has 36 heavy (non-hydrogen) atoms. The summed E-state index contributed by atoms with van der Waals surface area (Å²) in [4.78, 5) is 28.5. The molecule has 2 aliphatic carbocycles. The first-order valence-corrected chi connectivity index (χ1v) is 11.9. The van der Waals surface area contributed by atoms with Crippen LogP contribution in [0.15, 0.2) is 46.8 Å². The van der Waals surface area contributed by atoms with Crippen LogP contribution in [0.4, 0.5) is 9.18 Å². The Hall–Kier alpha value is -3.57. The fraction of sp³-hybridized carbons (Fsp3) is 0.440. The molecule has 0 spiro atoms. The summed E-state index contributed by atoms with van der Waals surface area (Å²) in [6.45, 7) is 1.02. The number of benzene rings is 1. The third-order valence-corrected chi connectivity index (χ3v) is 5.99. The molecular formula is C25H29FN4O6. The molecule has 2 amide bonds. The number of amides is 2. The van der Waals surface area contributed by atoms with E-state index in [-0.39, 0.29) is 29.8 Å². The fourth-order valence-corrected chi connectivity index (χ4v) is 3.72. The number of Topliss-reactive ketones (excluding diaryl/α,β-unsaturated/α-hetero) is 1. The second-order valence-electron chi connectivity index (χ2n) is 8.79. The van der Waals surface area contributed by atoms with E-state index in [1.54, 1.807) is 30.3 Å². The van der Waals surface area contributed by atoms with Crippen LogP contribution in [0.1, 0.15) is 60.8 Å². The van der Waals surface area contributed by atoms with Crippen molar-refractivity contribution < 1.29 is 33.5 Å². The van der Waals surface area contributed by atoms with E-state index in [1.807, 2.05) is 6.92 Å². The van der Waals surface area contributed by atoms with Crippen LogP contribution >= 0.6 is 0 Å². The second-order valence-corrected chi connectivity index (χ2v) is 8.79. The van der Waals surface area contributed by atoms with E-state index in [4.69, 9.17) is 19.5 Å². The van der Waals surface area contributed by atoms with Crippen LogP contribution in [0, 0.1) is 5.92 Å². The number of urea groups is 1. The number of allylic oxidation sites excluding steroid dienone is 2. The molecule has 11 heteroatoms. The molecule has 0 aliphatic heterocycles. The van der Waals surface area contributed by atoms with Gasteiger partial charge in [-0.15, -0.1) is 0 Å². The molecule has 0 radical (unpaired) electrons. The fourth-order valence-electron chi connectivity index (χ4n) is 3.72. The molecule has 0 bridgehead atoms. The van der Waals surface area contributed by atoms with E-state index >= 15 is 0 Å². The molecule has 2 unspecified atom stereocenters. The van der Waals surface area contributed by atoms with Crippen molar-refractivity contribution in [2.24, 2.45) is 5.92 Å². The number of aliphatic hydroxyl groups excluding tert-OH is 2. The van der Waals surface area contributed by atoms with Gasteiger partial charge in [0.25, 0.3) is 5.89 Å². The Kier molecular flexibility index (Phi) is 8.11. The highest BCUT2D eigenvalue weighted by atomic mass is 19.1. The van der Waals surface area contributed by atoms with Gasteiger partial charge in [0.05, 0.1) is 25.3 Å². The van der Waals surface area contributed by atoms with Crippen LogP contribution in [0.2, 0.25) is 0 Å². The van der Waals surface area contributed by atoms with Gasteiger partial charge in [-0.05, 0) is 56.0 Å². The lowest BCUT2D eigenvalue weighted by molar-refractivity contribution is 0.0967. The van der Waals surface area contributed by atoms with E-state index < -0.39 is 43.3 Å². The Labute approximate surface area is 207 Å². The number of nitrogens with zero attached hydrogens (tertiary/aromatic N) is 2. The number of ketones is 1. The number of ether oxygens (including phenoxy) is 1. The van der Waals surface area contributed by atoms with Crippen LogP contribution in [0.5, 0.6) is 5.75 Å². The highest BCUT2D eigenvalue weighted by Gasteiger charge is 2.30. The molecule has 1 saturated carbocycles. The van der Waals surface area contributed by atoms with Crippen molar-refractivity contribution in [2.45, 2.75) is 50.8 Å². The zero-order valence-electron chi connectivity index (χ0n) is 19.8. The minimum absolute atomic E-state index is 0.150. The molecule has 1 aromatic heterocycles. The predicted molar refractivity (Wildman–Crippen MR) is 127 cm³/mol. The van der Waals surface area contributed by atoms with E-state index in [1.165, 1.54) is 6.08 Å². The molecule has 4 rings (SSSR count). The van der Waals surface area contributed by atoms with E-state index in [9.17, 15) is 14.0 Å². The summed E-state index contributed by atoms with van der Waals surface area (Å²) in [5, 5.41) is 26.8. The zero-order valence-corrected chi connectivity index (χ0v) is 19.8. The highest BCUT2D eigenvalue weighted by Crippen LogP contribution is 2.33. The third kappa shape index (κ3) is 6.16. The van der Waals surface area contributed by atoms with Crippen molar-refractivity contribution in [3.63, 3.8) is 0 Å². The zero-order chi connectivity index (χ0) is 25.7. The number of rotatable bonds is 11. The summed E-state index contributed by atoms with van der Waals surface area (Å²) >= 11 is 0. The molecule has 2 atom stereocenters. The summed E-state index contributed by atoms with van der Waals surface area (Å²) in [7, 11) is 0. The Bertz CT molecular complexity index is 1140. The van der Waals surface area contributed by atoms with Gasteiger partial charge < -0.3 is 30.1 Å². The first kappa shape index (κ1) is 25.5. The number of aromatic nitrogens is 2. The van der Waals surface area contributed by atoms with Crippen molar-refractivity contribution in [1.29, 1.82) is 0 Å². The molecule has 1 aromatic carbocycles. The van der Waals surface area contributed by atoms with Crippen molar-refractivity contribution >= 4 is 17.4 Å². The maximum absolute atomic E-state index is 14.7. The Morgan fingerprint density at radius 2 is 1.94 bits per heavy atom. The molecule has 2 aromatic rings. The Morgan fingerprint density at radius 1 is 1.22 bits per heavy atom. The van der Waals surface area contributed by atoms with Gasteiger partial charge in [-0.1, -0.05) is 18.2 Å². The van der Waals surface area contributed by atoms with Crippen molar-refractivity contribution in [3.8, 4) is 5.75 Å². The van der Waals surface area contributed by atoms with E-state index in [0.717, 1.165) is 12.8 Å². The average Bonchev–Trinajstić information content (AvgIpc) is 3.63. The lowest BCUT2D eigenvalue weighted by atomic mass is 10.0. The number of carbonyl (C=O) groups excluding carboxylic acids is 2. The lowest BCUT2D eigenvalue weighted by Gasteiger charge is -2.21. The molecule has 10 nitrogen and oxygen atoms in total. The molecule has 192 valence electrons. The van der Waals surface area contributed by atoms with Gasteiger partial charge in [-0.3, -0.25) is 4.79 Å². The van der Waals surface area contributed by atoms with Gasteiger partial charge in [0.2, 0.25) is 5.82 Å². The van der Waals surface area contributed by atoms with E-state index in [2.05, 4.69) is 20.8 Å². The summed E-state index contributed by atoms with van der Waals surface area (Å²) in [6.07, 6.45) is 4.96. The largest absolute Gasteiger partial charge is 0.481 e. The number of hydrogen-bond acceptors (Lipinski definition) is 8. The molecule has 4 N–H and O–H groups in total. The number of nitrogens with one attached hydrogen (secondary N) is 2. The van der Waals surface area contributed by atoms with Gasteiger partial charge in [-0.25, -0.2) is 9.18 Å². The first-order chi connectivity index (χ1) is 17.4. The number of halogens is 1. The third-order valence-electron chi connectivity index (χ3n) is 5.99. The van der Waals surface area contributed by atoms with Crippen molar-refractivity contribution in [3.05, 3.63) is 59.5 Å². The summed E-state index contributed by atoms with van der Waals surface area (Å²) in [5.74, 6) is 0.707. The van der Waals surface area contributed by atoms with Crippen LogP contribution in [0.25, 0.3) is 5.57 Å². The van der Waals surface area contributed by atoms with Gasteiger partial charge in [-0.2, -0.15) is 4.98 Å². The van der Waals surface area contributed by atoms with E-state index in [0.29, 0.717) is 23.3 Å². The molecule has 1 fully saturated rings. The van der Waals surface area contributed by atoms with Crippen LogP contribution < -0.4 is 15.4 Å². The second kappa shape index (κ2) is 11.4. The minimum atomic E-state index is -0.903. The van der Waals surface area contributed by atoms with Crippen molar-refractivity contribution in [1.82, 2.24) is 20.8 Å². The standard InChI is InChI=1S/C25H29FN4O6/c1-2-21(35-18-8-5-15(6-9-18)22(33)14-3-4-14)24-29-23(30-36-24)16-7-10-20(19(26)11-16)28-25(34)27-17(12-31)13-32/h5-9,11,14,17,20-21,31-32H,2-4,10,12-13H2,1H3,(H2,27,28,34). The van der Waals surface area contributed by atoms with Gasteiger partial charge in [0.15, 0.2) is 11.9 Å². The molecule has 2 aliphatic rings.